The molecule has 110 valence electrons. The number of carboxylic acid groups (broad SMARTS) is 1. The van der Waals surface area contributed by atoms with E-state index in [1.54, 1.807) is 0 Å². The molecule has 1 N–H and O–H groups in total. The van der Waals surface area contributed by atoms with Crippen LogP contribution >= 0.6 is 0 Å². The number of carbonyl (C=O) groups is 2. The van der Waals surface area contributed by atoms with Crippen LogP contribution in [0.5, 0.6) is 0 Å². The average Bonchev–Trinajstić information content (AvgIpc) is 2.94. The molecule has 7 heteroatoms. The Morgan fingerprint density at radius 1 is 1.38 bits per heavy atom. The van der Waals surface area contributed by atoms with E-state index in [0.717, 1.165) is 17.5 Å². The maximum absolute atomic E-state index is 12.3. The van der Waals surface area contributed by atoms with E-state index in [1.807, 2.05) is 32.0 Å². The molecule has 0 aromatic carbocycles. The molecular formula is C14H15N3O4. The van der Waals surface area contributed by atoms with Crippen molar-refractivity contribution in [2.75, 3.05) is 6.54 Å². The molecule has 0 fully saturated rings. The van der Waals surface area contributed by atoms with E-state index >= 15 is 0 Å². The van der Waals surface area contributed by atoms with Crippen molar-refractivity contribution >= 4 is 11.9 Å². The molecule has 2 heterocycles. The summed E-state index contributed by atoms with van der Waals surface area (Å²) < 4.78 is 4.60. The molecular weight excluding hydrogens is 274 g/mol. The minimum atomic E-state index is -1.26. The van der Waals surface area contributed by atoms with Crippen LogP contribution in [0.4, 0.5) is 0 Å². The minimum absolute atomic E-state index is 0.0260. The number of aryl methyl sites for hydroxylation is 1. The SMILES string of the molecule is CCN(Cc1cccc(C)n1)C(=O)c1cc(C(=O)O)on1. The van der Waals surface area contributed by atoms with Gasteiger partial charge in [-0.15, -0.1) is 0 Å². The number of carbonyl (C=O) groups excluding carboxylic acids is 1. The highest BCUT2D eigenvalue weighted by atomic mass is 16.5. The lowest BCUT2D eigenvalue weighted by atomic mass is 10.2. The fourth-order valence-corrected chi connectivity index (χ4v) is 1.85. The first-order chi connectivity index (χ1) is 10.0. The van der Waals surface area contributed by atoms with Gasteiger partial charge in [0, 0.05) is 18.3 Å². The molecule has 0 aliphatic heterocycles. The summed E-state index contributed by atoms with van der Waals surface area (Å²) in [4.78, 5) is 28.9. The third-order valence-corrected chi connectivity index (χ3v) is 2.91. The summed E-state index contributed by atoms with van der Waals surface area (Å²) in [5.74, 6) is -2.01. The molecule has 0 atom stereocenters. The third kappa shape index (κ3) is 3.44. The zero-order valence-corrected chi connectivity index (χ0v) is 11.7. The number of amides is 1. The van der Waals surface area contributed by atoms with Crippen LogP contribution in [0.25, 0.3) is 0 Å². The summed E-state index contributed by atoms with van der Waals surface area (Å²) in [6.07, 6.45) is 0. The molecule has 0 unspecified atom stereocenters. The number of hydrogen-bond donors (Lipinski definition) is 1. The van der Waals surface area contributed by atoms with E-state index in [-0.39, 0.29) is 11.5 Å². The van der Waals surface area contributed by atoms with E-state index in [1.165, 1.54) is 4.90 Å². The van der Waals surface area contributed by atoms with E-state index in [4.69, 9.17) is 5.11 Å². The number of rotatable bonds is 5. The fourth-order valence-electron chi connectivity index (χ4n) is 1.85. The van der Waals surface area contributed by atoms with E-state index in [0.29, 0.717) is 13.1 Å². The number of pyridine rings is 1. The second-order valence-corrected chi connectivity index (χ2v) is 4.47. The van der Waals surface area contributed by atoms with E-state index < -0.39 is 11.9 Å². The molecule has 2 aromatic rings. The van der Waals surface area contributed by atoms with Gasteiger partial charge in [-0.3, -0.25) is 9.78 Å². The van der Waals surface area contributed by atoms with Gasteiger partial charge in [0.25, 0.3) is 5.91 Å². The van der Waals surface area contributed by atoms with Crippen molar-refractivity contribution in [1.29, 1.82) is 0 Å². The van der Waals surface area contributed by atoms with Gasteiger partial charge < -0.3 is 14.5 Å². The molecule has 7 nitrogen and oxygen atoms in total. The topological polar surface area (TPSA) is 96.5 Å². The smallest absolute Gasteiger partial charge is 0.374 e. The second-order valence-electron chi connectivity index (χ2n) is 4.47. The second kappa shape index (κ2) is 6.17. The highest BCUT2D eigenvalue weighted by Crippen LogP contribution is 2.10. The highest BCUT2D eigenvalue weighted by Gasteiger charge is 2.21. The quantitative estimate of drug-likeness (QED) is 0.900. The summed E-state index contributed by atoms with van der Waals surface area (Å²) in [7, 11) is 0. The Labute approximate surface area is 121 Å². The van der Waals surface area contributed by atoms with Crippen LogP contribution in [0.2, 0.25) is 0 Å². The van der Waals surface area contributed by atoms with Gasteiger partial charge in [-0.25, -0.2) is 4.79 Å². The Hall–Kier alpha value is -2.70. The Balaban J connectivity index is 2.16. The summed E-state index contributed by atoms with van der Waals surface area (Å²) in [6.45, 7) is 4.47. The molecule has 0 aliphatic rings. The van der Waals surface area contributed by atoms with Crippen LogP contribution in [-0.2, 0) is 6.54 Å². The predicted octanol–water partition coefficient (Wildman–Crippen LogP) is 1.74. The van der Waals surface area contributed by atoms with Crippen LogP contribution in [-0.4, -0.2) is 38.6 Å². The molecule has 0 radical (unpaired) electrons. The fraction of sp³-hybridized carbons (Fsp3) is 0.286. The van der Waals surface area contributed by atoms with Gasteiger partial charge in [0.05, 0.1) is 12.2 Å². The van der Waals surface area contributed by atoms with Crippen molar-refractivity contribution in [2.45, 2.75) is 20.4 Å². The van der Waals surface area contributed by atoms with Crippen molar-refractivity contribution in [2.24, 2.45) is 0 Å². The van der Waals surface area contributed by atoms with Crippen molar-refractivity contribution in [1.82, 2.24) is 15.0 Å². The van der Waals surface area contributed by atoms with Crippen molar-refractivity contribution < 1.29 is 19.2 Å². The lowest BCUT2D eigenvalue weighted by molar-refractivity contribution is 0.0648. The lowest BCUT2D eigenvalue weighted by Crippen LogP contribution is -2.31. The predicted molar refractivity (Wildman–Crippen MR) is 72.9 cm³/mol. The highest BCUT2D eigenvalue weighted by molar-refractivity contribution is 5.94. The molecule has 2 aromatic heterocycles. The molecule has 0 saturated carbocycles. The Morgan fingerprint density at radius 3 is 2.71 bits per heavy atom. The number of aromatic nitrogens is 2. The van der Waals surface area contributed by atoms with Crippen molar-refractivity contribution in [3.05, 3.63) is 47.1 Å². The van der Waals surface area contributed by atoms with Gasteiger partial charge in [-0.2, -0.15) is 0 Å². The number of hydrogen-bond acceptors (Lipinski definition) is 5. The molecule has 0 aliphatic carbocycles. The van der Waals surface area contributed by atoms with Crippen LogP contribution < -0.4 is 0 Å². The maximum atomic E-state index is 12.3. The third-order valence-electron chi connectivity index (χ3n) is 2.91. The monoisotopic (exact) mass is 289 g/mol. The Bertz CT molecular complexity index is 666. The van der Waals surface area contributed by atoms with Crippen LogP contribution in [0, 0.1) is 6.92 Å². The standard InChI is InChI=1S/C14H15N3O4/c1-3-17(8-10-6-4-5-9(2)15-10)13(18)11-7-12(14(19)20)21-16-11/h4-7H,3,8H2,1-2H3,(H,19,20). The van der Waals surface area contributed by atoms with Gasteiger partial charge >= 0.3 is 5.97 Å². The zero-order chi connectivity index (χ0) is 15.4. The number of carboxylic acids is 1. The first-order valence-electron chi connectivity index (χ1n) is 6.43. The van der Waals surface area contributed by atoms with Gasteiger partial charge in [0.1, 0.15) is 0 Å². The first-order valence-corrected chi connectivity index (χ1v) is 6.43. The summed E-state index contributed by atoms with van der Waals surface area (Å²) in [5.41, 5.74) is 1.60. The Kier molecular flexibility index (Phi) is 4.32. The van der Waals surface area contributed by atoms with Crippen LogP contribution in [0.15, 0.2) is 28.8 Å². The van der Waals surface area contributed by atoms with Gasteiger partial charge in [0.15, 0.2) is 5.69 Å². The maximum Gasteiger partial charge on any atom is 0.374 e. The van der Waals surface area contributed by atoms with Crippen molar-refractivity contribution in [3.8, 4) is 0 Å². The van der Waals surface area contributed by atoms with Crippen LogP contribution in [0.3, 0.4) is 0 Å². The molecule has 0 bridgehead atoms. The van der Waals surface area contributed by atoms with Gasteiger partial charge in [0.2, 0.25) is 5.76 Å². The van der Waals surface area contributed by atoms with E-state index in [9.17, 15) is 9.59 Å². The molecule has 2 rings (SSSR count). The lowest BCUT2D eigenvalue weighted by Gasteiger charge is -2.19. The molecule has 0 saturated heterocycles. The number of nitrogens with zero attached hydrogens (tertiary/aromatic N) is 3. The Morgan fingerprint density at radius 2 is 2.14 bits per heavy atom. The van der Waals surface area contributed by atoms with Crippen molar-refractivity contribution in [3.63, 3.8) is 0 Å². The molecule has 0 spiro atoms. The normalized spacial score (nSPS) is 10.4. The first kappa shape index (κ1) is 14.7. The number of aromatic carboxylic acids is 1. The van der Waals surface area contributed by atoms with E-state index in [2.05, 4.69) is 14.7 Å². The largest absolute Gasteiger partial charge is 0.475 e. The minimum Gasteiger partial charge on any atom is -0.475 e. The van der Waals surface area contributed by atoms with Gasteiger partial charge in [-0.05, 0) is 26.0 Å². The molecule has 1 amide bonds. The van der Waals surface area contributed by atoms with Crippen LogP contribution in [0.1, 0.15) is 39.4 Å². The molecule has 21 heavy (non-hydrogen) atoms. The average molecular weight is 289 g/mol. The summed E-state index contributed by atoms with van der Waals surface area (Å²) >= 11 is 0. The summed E-state index contributed by atoms with van der Waals surface area (Å²) in [6, 6.07) is 6.69. The summed E-state index contributed by atoms with van der Waals surface area (Å²) in [5, 5.41) is 12.3. The zero-order valence-electron chi connectivity index (χ0n) is 11.7. The van der Waals surface area contributed by atoms with Gasteiger partial charge in [-0.1, -0.05) is 11.2 Å².